The van der Waals surface area contributed by atoms with Crippen molar-refractivity contribution in [3.05, 3.63) is 48.6 Å². The van der Waals surface area contributed by atoms with E-state index in [0.717, 1.165) is 18.4 Å². The van der Waals surface area contributed by atoms with Gasteiger partial charge in [-0.3, -0.25) is 4.79 Å². The molecule has 0 saturated carbocycles. The third-order valence-corrected chi connectivity index (χ3v) is 2.21. The Kier molecular flexibility index (Phi) is 5.29. The Labute approximate surface area is 96.3 Å². The third kappa shape index (κ3) is 3.87. The van der Waals surface area contributed by atoms with Crippen LogP contribution in [0, 0.1) is 0 Å². The van der Waals surface area contributed by atoms with Gasteiger partial charge in [-0.25, -0.2) is 0 Å². The Morgan fingerprint density at radius 2 is 2.12 bits per heavy atom. The maximum Gasteiger partial charge on any atom is 0.211 e. The monoisotopic (exact) mass is 219 g/mol. The summed E-state index contributed by atoms with van der Waals surface area (Å²) in [6.07, 6.45) is 3.26. The number of carbonyl (C=O) groups is 1. The van der Waals surface area contributed by atoms with Gasteiger partial charge in [0, 0.05) is 7.05 Å². The number of hydrogen-bond donors (Lipinski definition) is 0. The molecular weight excluding hydrogens is 202 g/mol. The van der Waals surface area contributed by atoms with Crippen molar-refractivity contribution in [1.82, 2.24) is 4.90 Å². The lowest BCUT2D eigenvalue weighted by Crippen LogP contribution is -2.21. The third-order valence-electron chi connectivity index (χ3n) is 2.21. The summed E-state index contributed by atoms with van der Waals surface area (Å²) in [5.74, 6) is 0. The van der Waals surface area contributed by atoms with Gasteiger partial charge in [-0.1, -0.05) is 36.4 Å². The maximum absolute atomic E-state index is 10.4. The summed E-state index contributed by atoms with van der Waals surface area (Å²) in [7, 11) is 1.68. The number of carbonyl (C=O) groups excluding carboxylic acids is 1. The van der Waals surface area contributed by atoms with Gasteiger partial charge in [0.1, 0.15) is 6.73 Å². The zero-order chi connectivity index (χ0) is 11.8. The Bertz CT molecular complexity index is 324. The van der Waals surface area contributed by atoms with Crippen molar-refractivity contribution < 1.29 is 9.53 Å². The molecular formula is C13H17NO2. The molecule has 1 aromatic carbocycles. The fourth-order valence-electron chi connectivity index (χ4n) is 1.36. The number of benzene rings is 1. The van der Waals surface area contributed by atoms with E-state index in [0.29, 0.717) is 0 Å². The first-order valence-corrected chi connectivity index (χ1v) is 5.21. The van der Waals surface area contributed by atoms with Crippen LogP contribution in [0.25, 0.3) is 0 Å². The molecule has 1 aromatic rings. The molecule has 0 aromatic heterocycles. The van der Waals surface area contributed by atoms with Crippen LogP contribution in [0.15, 0.2) is 43.0 Å². The van der Waals surface area contributed by atoms with Crippen LogP contribution >= 0.6 is 0 Å². The van der Waals surface area contributed by atoms with E-state index >= 15 is 0 Å². The molecule has 0 aliphatic rings. The van der Waals surface area contributed by atoms with Crippen molar-refractivity contribution in [2.75, 3.05) is 13.8 Å². The Morgan fingerprint density at radius 1 is 1.44 bits per heavy atom. The second-order valence-corrected chi connectivity index (χ2v) is 3.58. The zero-order valence-electron chi connectivity index (χ0n) is 9.50. The van der Waals surface area contributed by atoms with Gasteiger partial charge in [-0.2, -0.15) is 0 Å². The first kappa shape index (κ1) is 12.5. The SMILES string of the molecule is C=CCC(OCN(C)C=O)c1ccccc1. The minimum absolute atomic E-state index is 0.0406. The highest BCUT2D eigenvalue weighted by Gasteiger charge is 2.10. The quantitative estimate of drug-likeness (QED) is 0.400. The molecule has 0 saturated heterocycles. The van der Waals surface area contributed by atoms with E-state index in [1.54, 1.807) is 7.05 Å². The molecule has 0 aliphatic carbocycles. The van der Waals surface area contributed by atoms with E-state index in [1.165, 1.54) is 4.90 Å². The zero-order valence-corrected chi connectivity index (χ0v) is 9.50. The Hall–Kier alpha value is -1.61. The molecule has 0 fully saturated rings. The van der Waals surface area contributed by atoms with Crippen molar-refractivity contribution in [2.45, 2.75) is 12.5 Å². The van der Waals surface area contributed by atoms with Crippen LogP contribution in [0.5, 0.6) is 0 Å². The first-order valence-electron chi connectivity index (χ1n) is 5.21. The average molecular weight is 219 g/mol. The minimum Gasteiger partial charge on any atom is -0.353 e. The number of ether oxygens (including phenoxy) is 1. The van der Waals surface area contributed by atoms with Crippen molar-refractivity contribution in [3.8, 4) is 0 Å². The highest BCUT2D eigenvalue weighted by molar-refractivity contribution is 5.45. The van der Waals surface area contributed by atoms with Crippen LogP contribution in [-0.2, 0) is 9.53 Å². The predicted octanol–water partition coefficient (Wildman–Crippen LogP) is 2.37. The van der Waals surface area contributed by atoms with Gasteiger partial charge in [0.2, 0.25) is 6.41 Å². The number of hydrogen-bond acceptors (Lipinski definition) is 2. The Morgan fingerprint density at radius 3 is 2.69 bits per heavy atom. The van der Waals surface area contributed by atoms with Crippen molar-refractivity contribution in [3.63, 3.8) is 0 Å². The van der Waals surface area contributed by atoms with Crippen LogP contribution in [0.1, 0.15) is 18.1 Å². The van der Waals surface area contributed by atoms with E-state index in [4.69, 9.17) is 4.74 Å². The number of amides is 1. The smallest absolute Gasteiger partial charge is 0.211 e. The normalized spacial score (nSPS) is 11.8. The van der Waals surface area contributed by atoms with Gasteiger partial charge in [0.15, 0.2) is 0 Å². The van der Waals surface area contributed by atoms with E-state index in [9.17, 15) is 4.79 Å². The summed E-state index contributed by atoms with van der Waals surface area (Å²) < 4.78 is 5.64. The van der Waals surface area contributed by atoms with Crippen molar-refractivity contribution in [1.29, 1.82) is 0 Å². The van der Waals surface area contributed by atoms with Crippen molar-refractivity contribution >= 4 is 6.41 Å². The molecule has 0 N–H and O–H groups in total. The van der Waals surface area contributed by atoms with Crippen LogP contribution in [-0.4, -0.2) is 25.1 Å². The van der Waals surface area contributed by atoms with E-state index in [1.807, 2.05) is 36.4 Å². The average Bonchev–Trinajstić information content (AvgIpc) is 2.35. The van der Waals surface area contributed by atoms with Gasteiger partial charge in [-0.15, -0.1) is 6.58 Å². The summed E-state index contributed by atoms with van der Waals surface area (Å²) in [6, 6.07) is 9.92. The summed E-state index contributed by atoms with van der Waals surface area (Å²) in [5, 5.41) is 0. The summed E-state index contributed by atoms with van der Waals surface area (Å²) in [6.45, 7) is 4.00. The predicted molar refractivity (Wildman–Crippen MR) is 63.8 cm³/mol. The standard InChI is InChI=1S/C13H17NO2/c1-3-7-13(16-11-14(2)10-15)12-8-5-4-6-9-12/h3-6,8-10,13H,1,7,11H2,2H3. The molecule has 1 atom stereocenters. The molecule has 1 unspecified atom stereocenters. The second kappa shape index (κ2) is 6.80. The Balaban J connectivity index is 2.61. The summed E-state index contributed by atoms with van der Waals surface area (Å²) in [5.41, 5.74) is 1.10. The molecule has 1 amide bonds. The molecule has 0 heterocycles. The second-order valence-electron chi connectivity index (χ2n) is 3.58. The molecule has 3 nitrogen and oxygen atoms in total. The number of nitrogens with zero attached hydrogens (tertiary/aromatic N) is 1. The van der Waals surface area contributed by atoms with Crippen LogP contribution in [0.3, 0.4) is 0 Å². The highest BCUT2D eigenvalue weighted by Crippen LogP contribution is 2.21. The molecule has 0 radical (unpaired) electrons. The fraction of sp³-hybridized carbons (Fsp3) is 0.308. The lowest BCUT2D eigenvalue weighted by atomic mass is 10.1. The van der Waals surface area contributed by atoms with E-state index in [-0.39, 0.29) is 12.8 Å². The van der Waals surface area contributed by atoms with Crippen LogP contribution in [0.2, 0.25) is 0 Å². The van der Waals surface area contributed by atoms with Crippen LogP contribution < -0.4 is 0 Å². The molecule has 86 valence electrons. The lowest BCUT2D eigenvalue weighted by molar-refractivity contribution is -0.123. The van der Waals surface area contributed by atoms with Crippen molar-refractivity contribution in [2.24, 2.45) is 0 Å². The largest absolute Gasteiger partial charge is 0.353 e. The van der Waals surface area contributed by atoms with Gasteiger partial charge >= 0.3 is 0 Å². The van der Waals surface area contributed by atoms with E-state index < -0.39 is 0 Å². The molecule has 0 spiro atoms. The summed E-state index contributed by atoms with van der Waals surface area (Å²) in [4.78, 5) is 11.9. The molecule has 3 heteroatoms. The van der Waals surface area contributed by atoms with Gasteiger partial charge in [0.25, 0.3) is 0 Å². The first-order chi connectivity index (χ1) is 7.77. The highest BCUT2D eigenvalue weighted by atomic mass is 16.5. The van der Waals surface area contributed by atoms with Crippen LogP contribution in [0.4, 0.5) is 0 Å². The van der Waals surface area contributed by atoms with Gasteiger partial charge in [-0.05, 0) is 12.0 Å². The fourth-order valence-corrected chi connectivity index (χ4v) is 1.36. The molecule has 1 rings (SSSR count). The summed E-state index contributed by atoms with van der Waals surface area (Å²) >= 11 is 0. The number of rotatable bonds is 7. The van der Waals surface area contributed by atoms with Gasteiger partial charge in [0.05, 0.1) is 6.10 Å². The maximum atomic E-state index is 10.4. The molecule has 0 aliphatic heterocycles. The molecule has 16 heavy (non-hydrogen) atoms. The van der Waals surface area contributed by atoms with Gasteiger partial charge < -0.3 is 9.64 Å². The lowest BCUT2D eigenvalue weighted by Gasteiger charge is -2.19. The minimum atomic E-state index is -0.0406. The van der Waals surface area contributed by atoms with E-state index in [2.05, 4.69) is 6.58 Å². The topological polar surface area (TPSA) is 29.5 Å². The molecule has 0 bridgehead atoms.